The summed E-state index contributed by atoms with van der Waals surface area (Å²) in [6, 6.07) is 0. The summed E-state index contributed by atoms with van der Waals surface area (Å²) in [7, 11) is 0. The fraction of sp³-hybridized carbons (Fsp3) is 0.700. The van der Waals surface area contributed by atoms with E-state index >= 15 is 0 Å². The Kier molecular flexibility index (Phi) is 3.09. The van der Waals surface area contributed by atoms with Crippen molar-refractivity contribution in [1.82, 2.24) is 4.98 Å². The van der Waals surface area contributed by atoms with Crippen LogP contribution in [0.2, 0.25) is 0 Å². The Hall–Kier alpha value is -0.410. The fourth-order valence-corrected chi connectivity index (χ4v) is 2.46. The average Bonchev–Trinajstić information content (AvgIpc) is 2.30. The van der Waals surface area contributed by atoms with Crippen LogP contribution in [0.1, 0.15) is 36.3 Å². The molecule has 0 saturated carbocycles. The summed E-state index contributed by atoms with van der Waals surface area (Å²) < 4.78 is 0. The van der Waals surface area contributed by atoms with Crippen LogP contribution in [-0.4, -0.2) is 16.7 Å². The lowest BCUT2D eigenvalue weighted by atomic mass is 9.94. The molecule has 0 spiro atoms. The van der Waals surface area contributed by atoms with Crippen molar-refractivity contribution in [2.45, 2.75) is 39.5 Å². The van der Waals surface area contributed by atoms with E-state index in [0.717, 1.165) is 10.7 Å². The SMILES string of the molecule is Cc1nc(CCO)sc1C(C)(C)C. The largest absolute Gasteiger partial charge is 0.396 e. The van der Waals surface area contributed by atoms with Gasteiger partial charge in [0.15, 0.2) is 0 Å². The number of thiazole rings is 1. The van der Waals surface area contributed by atoms with Crippen LogP contribution in [0.25, 0.3) is 0 Å². The minimum atomic E-state index is 0.176. The van der Waals surface area contributed by atoms with E-state index in [2.05, 4.69) is 25.8 Å². The molecule has 1 aromatic rings. The molecule has 0 unspecified atom stereocenters. The van der Waals surface area contributed by atoms with Crippen molar-refractivity contribution in [2.75, 3.05) is 6.61 Å². The third kappa shape index (κ3) is 2.51. The molecule has 0 amide bonds. The van der Waals surface area contributed by atoms with Crippen LogP contribution >= 0.6 is 11.3 Å². The van der Waals surface area contributed by atoms with Gasteiger partial charge < -0.3 is 5.11 Å². The first-order chi connectivity index (χ1) is 5.95. The number of aromatic nitrogens is 1. The van der Waals surface area contributed by atoms with Gasteiger partial charge in [0.25, 0.3) is 0 Å². The van der Waals surface area contributed by atoms with Gasteiger partial charge in [-0.3, -0.25) is 0 Å². The molecule has 0 radical (unpaired) electrons. The van der Waals surface area contributed by atoms with Crippen molar-refractivity contribution in [1.29, 1.82) is 0 Å². The highest BCUT2D eigenvalue weighted by atomic mass is 32.1. The Bertz CT molecular complexity index is 286. The highest BCUT2D eigenvalue weighted by Gasteiger charge is 2.20. The van der Waals surface area contributed by atoms with E-state index < -0.39 is 0 Å². The fourth-order valence-electron chi connectivity index (χ4n) is 1.35. The van der Waals surface area contributed by atoms with Crippen molar-refractivity contribution in [3.05, 3.63) is 15.6 Å². The molecular weight excluding hydrogens is 182 g/mol. The van der Waals surface area contributed by atoms with Crippen molar-refractivity contribution in [3.63, 3.8) is 0 Å². The molecule has 1 heterocycles. The van der Waals surface area contributed by atoms with Gasteiger partial charge in [-0.05, 0) is 12.3 Å². The zero-order valence-electron chi connectivity index (χ0n) is 8.72. The predicted octanol–water partition coefficient (Wildman–Crippen LogP) is 2.28. The maximum Gasteiger partial charge on any atom is 0.0954 e. The van der Waals surface area contributed by atoms with Crippen LogP contribution in [0.15, 0.2) is 0 Å². The van der Waals surface area contributed by atoms with Gasteiger partial charge in [-0.1, -0.05) is 20.8 Å². The van der Waals surface area contributed by atoms with Gasteiger partial charge in [-0.2, -0.15) is 0 Å². The third-order valence-corrected chi connectivity index (χ3v) is 3.49. The molecule has 2 nitrogen and oxygen atoms in total. The summed E-state index contributed by atoms with van der Waals surface area (Å²) in [6.45, 7) is 8.80. The molecule has 13 heavy (non-hydrogen) atoms. The van der Waals surface area contributed by atoms with Gasteiger partial charge in [0.1, 0.15) is 0 Å². The van der Waals surface area contributed by atoms with E-state index in [1.807, 2.05) is 6.92 Å². The lowest BCUT2D eigenvalue weighted by molar-refractivity contribution is 0.299. The molecule has 0 aliphatic rings. The highest BCUT2D eigenvalue weighted by molar-refractivity contribution is 7.11. The number of aliphatic hydroxyl groups excluding tert-OH is 1. The minimum absolute atomic E-state index is 0.176. The van der Waals surface area contributed by atoms with Crippen LogP contribution in [0, 0.1) is 6.92 Å². The Balaban J connectivity index is 2.96. The summed E-state index contributed by atoms with van der Waals surface area (Å²) in [4.78, 5) is 5.75. The average molecular weight is 199 g/mol. The molecular formula is C10H17NOS. The van der Waals surface area contributed by atoms with Gasteiger partial charge in [-0.25, -0.2) is 4.98 Å². The molecule has 0 aliphatic heterocycles. The maximum absolute atomic E-state index is 8.79. The lowest BCUT2D eigenvalue weighted by Crippen LogP contribution is -2.10. The molecule has 3 heteroatoms. The van der Waals surface area contributed by atoms with Crippen LogP contribution in [0.4, 0.5) is 0 Å². The number of aryl methyl sites for hydroxylation is 1. The smallest absolute Gasteiger partial charge is 0.0954 e. The first kappa shape index (κ1) is 10.7. The summed E-state index contributed by atoms with van der Waals surface area (Å²) in [6.07, 6.45) is 0.682. The molecule has 0 saturated heterocycles. The summed E-state index contributed by atoms with van der Waals surface area (Å²) in [5.74, 6) is 0. The van der Waals surface area contributed by atoms with Crippen LogP contribution in [0.5, 0.6) is 0 Å². The van der Waals surface area contributed by atoms with E-state index in [4.69, 9.17) is 5.11 Å². The lowest BCUT2D eigenvalue weighted by Gasteiger charge is -2.16. The number of aliphatic hydroxyl groups is 1. The van der Waals surface area contributed by atoms with Crippen molar-refractivity contribution in [2.24, 2.45) is 0 Å². The van der Waals surface area contributed by atoms with E-state index in [-0.39, 0.29) is 12.0 Å². The van der Waals surface area contributed by atoms with Gasteiger partial charge >= 0.3 is 0 Å². The number of nitrogens with zero attached hydrogens (tertiary/aromatic N) is 1. The molecule has 74 valence electrons. The second-order valence-electron chi connectivity index (χ2n) is 4.25. The molecule has 0 bridgehead atoms. The molecule has 1 rings (SSSR count). The number of rotatable bonds is 2. The summed E-state index contributed by atoms with van der Waals surface area (Å²) in [5, 5.41) is 9.84. The summed E-state index contributed by atoms with van der Waals surface area (Å²) >= 11 is 1.72. The van der Waals surface area contributed by atoms with E-state index in [1.54, 1.807) is 11.3 Å². The molecule has 1 aromatic heterocycles. The topological polar surface area (TPSA) is 33.1 Å². The standard InChI is InChI=1S/C10H17NOS/c1-7-9(10(2,3)4)13-8(11-7)5-6-12/h12H,5-6H2,1-4H3. The quantitative estimate of drug-likeness (QED) is 0.792. The van der Waals surface area contributed by atoms with Crippen molar-refractivity contribution < 1.29 is 5.11 Å². The predicted molar refractivity (Wildman–Crippen MR) is 56.3 cm³/mol. The maximum atomic E-state index is 8.79. The van der Waals surface area contributed by atoms with Crippen molar-refractivity contribution in [3.8, 4) is 0 Å². The molecule has 0 atom stereocenters. The van der Waals surface area contributed by atoms with Crippen molar-refractivity contribution >= 4 is 11.3 Å². The summed E-state index contributed by atoms with van der Waals surface area (Å²) in [5.41, 5.74) is 1.29. The van der Waals surface area contributed by atoms with E-state index in [9.17, 15) is 0 Å². The first-order valence-electron chi connectivity index (χ1n) is 4.53. The molecule has 0 aliphatic carbocycles. The minimum Gasteiger partial charge on any atom is -0.396 e. The number of hydrogen-bond acceptors (Lipinski definition) is 3. The zero-order chi connectivity index (χ0) is 10.1. The Morgan fingerprint density at radius 3 is 2.38 bits per heavy atom. The zero-order valence-corrected chi connectivity index (χ0v) is 9.53. The molecule has 1 N–H and O–H groups in total. The normalized spacial score (nSPS) is 12.1. The van der Waals surface area contributed by atoms with Crippen LogP contribution in [0.3, 0.4) is 0 Å². The second-order valence-corrected chi connectivity index (χ2v) is 5.33. The first-order valence-corrected chi connectivity index (χ1v) is 5.34. The van der Waals surface area contributed by atoms with Crippen LogP contribution in [-0.2, 0) is 11.8 Å². The number of hydrogen-bond donors (Lipinski definition) is 1. The van der Waals surface area contributed by atoms with E-state index in [0.29, 0.717) is 6.42 Å². The molecule has 0 aromatic carbocycles. The third-order valence-electron chi connectivity index (χ3n) is 1.85. The van der Waals surface area contributed by atoms with Gasteiger partial charge in [0, 0.05) is 17.9 Å². The monoisotopic (exact) mass is 199 g/mol. The van der Waals surface area contributed by atoms with Crippen LogP contribution < -0.4 is 0 Å². The molecule has 0 fully saturated rings. The Labute approximate surface area is 83.6 Å². The highest BCUT2D eigenvalue weighted by Crippen LogP contribution is 2.31. The van der Waals surface area contributed by atoms with Gasteiger partial charge in [-0.15, -0.1) is 11.3 Å². The van der Waals surface area contributed by atoms with Gasteiger partial charge in [0.05, 0.1) is 10.7 Å². The van der Waals surface area contributed by atoms with E-state index in [1.165, 1.54) is 4.88 Å². The second kappa shape index (κ2) is 3.76. The Morgan fingerprint density at radius 1 is 1.38 bits per heavy atom. The Morgan fingerprint density at radius 2 is 2.00 bits per heavy atom. The van der Waals surface area contributed by atoms with Gasteiger partial charge in [0.2, 0.25) is 0 Å².